The molecule has 5 nitrogen and oxygen atoms in total. The first-order chi connectivity index (χ1) is 9.38. The Morgan fingerprint density at radius 2 is 2.10 bits per heavy atom. The SMILES string of the molecule is COCc1nc(N)cc(OC2CC(C)CC(C)(C)C2)n1. The fourth-order valence-corrected chi connectivity index (χ4v) is 3.27. The molecule has 20 heavy (non-hydrogen) atoms. The minimum absolute atomic E-state index is 0.193. The van der Waals surface area contributed by atoms with Crippen LogP contribution in [0.4, 0.5) is 5.82 Å². The van der Waals surface area contributed by atoms with Crippen molar-refractivity contribution in [3.8, 4) is 5.88 Å². The molecule has 5 heteroatoms. The Morgan fingerprint density at radius 3 is 2.75 bits per heavy atom. The molecule has 1 aliphatic carbocycles. The molecule has 1 aromatic rings. The van der Waals surface area contributed by atoms with Crippen molar-refractivity contribution in [3.63, 3.8) is 0 Å². The molecule has 0 radical (unpaired) electrons. The van der Waals surface area contributed by atoms with Crippen LogP contribution in [-0.4, -0.2) is 23.2 Å². The van der Waals surface area contributed by atoms with E-state index in [2.05, 4.69) is 30.7 Å². The monoisotopic (exact) mass is 279 g/mol. The Morgan fingerprint density at radius 1 is 1.35 bits per heavy atom. The number of nitrogen functional groups attached to an aromatic ring is 1. The summed E-state index contributed by atoms with van der Waals surface area (Å²) in [5.41, 5.74) is 6.10. The van der Waals surface area contributed by atoms with Crippen LogP contribution >= 0.6 is 0 Å². The van der Waals surface area contributed by atoms with Crippen LogP contribution in [0.15, 0.2) is 6.07 Å². The number of hydrogen-bond donors (Lipinski definition) is 1. The van der Waals surface area contributed by atoms with Gasteiger partial charge in [0.15, 0.2) is 5.82 Å². The number of methoxy groups -OCH3 is 1. The molecule has 2 N–H and O–H groups in total. The van der Waals surface area contributed by atoms with Crippen LogP contribution < -0.4 is 10.5 Å². The molecular formula is C15H25N3O2. The highest BCUT2D eigenvalue weighted by molar-refractivity contribution is 5.32. The van der Waals surface area contributed by atoms with Gasteiger partial charge in [-0.3, -0.25) is 0 Å². The molecule has 1 fully saturated rings. The van der Waals surface area contributed by atoms with Crippen molar-refractivity contribution in [2.75, 3.05) is 12.8 Å². The molecule has 1 heterocycles. The summed E-state index contributed by atoms with van der Waals surface area (Å²) in [4.78, 5) is 8.47. The second kappa shape index (κ2) is 5.95. The predicted octanol–water partition coefficient (Wildman–Crippen LogP) is 2.80. The topological polar surface area (TPSA) is 70.3 Å². The lowest BCUT2D eigenvalue weighted by Crippen LogP contribution is -2.34. The lowest BCUT2D eigenvalue weighted by atomic mass is 9.71. The van der Waals surface area contributed by atoms with Crippen molar-refractivity contribution < 1.29 is 9.47 Å². The van der Waals surface area contributed by atoms with Crippen LogP contribution in [0.2, 0.25) is 0 Å². The predicted molar refractivity (Wildman–Crippen MR) is 78.4 cm³/mol. The smallest absolute Gasteiger partial charge is 0.219 e. The zero-order chi connectivity index (χ0) is 14.8. The number of ether oxygens (including phenoxy) is 2. The first-order valence-corrected chi connectivity index (χ1v) is 7.17. The van der Waals surface area contributed by atoms with Crippen LogP contribution in [0.5, 0.6) is 5.88 Å². The van der Waals surface area contributed by atoms with E-state index >= 15 is 0 Å². The van der Waals surface area contributed by atoms with Crippen molar-refractivity contribution in [1.82, 2.24) is 9.97 Å². The molecular weight excluding hydrogens is 254 g/mol. The summed E-state index contributed by atoms with van der Waals surface area (Å²) < 4.78 is 11.1. The highest BCUT2D eigenvalue weighted by atomic mass is 16.5. The second-order valence-corrected chi connectivity index (χ2v) is 6.63. The molecule has 0 bridgehead atoms. The highest BCUT2D eigenvalue weighted by Gasteiger charge is 2.33. The zero-order valence-corrected chi connectivity index (χ0v) is 12.8. The van der Waals surface area contributed by atoms with E-state index in [1.165, 1.54) is 6.42 Å². The van der Waals surface area contributed by atoms with Gasteiger partial charge in [-0.1, -0.05) is 20.8 Å². The minimum atomic E-state index is 0.193. The van der Waals surface area contributed by atoms with Gasteiger partial charge in [-0.25, -0.2) is 4.98 Å². The molecule has 1 saturated carbocycles. The van der Waals surface area contributed by atoms with E-state index in [1.54, 1.807) is 13.2 Å². The molecule has 0 spiro atoms. The van der Waals surface area contributed by atoms with Gasteiger partial charge in [-0.15, -0.1) is 0 Å². The van der Waals surface area contributed by atoms with E-state index in [1.807, 2.05) is 0 Å². The summed E-state index contributed by atoms with van der Waals surface area (Å²) in [6, 6.07) is 1.69. The van der Waals surface area contributed by atoms with Crippen molar-refractivity contribution in [3.05, 3.63) is 11.9 Å². The third-order valence-corrected chi connectivity index (χ3v) is 3.68. The van der Waals surface area contributed by atoms with Gasteiger partial charge in [0.2, 0.25) is 5.88 Å². The Hall–Kier alpha value is -1.36. The van der Waals surface area contributed by atoms with E-state index in [4.69, 9.17) is 15.2 Å². The molecule has 2 unspecified atom stereocenters. The number of rotatable bonds is 4. The van der Waals surface area contributed by atoms with E-state index in [-0.39, 0.29) is 6.10 Å². The van der Waals surface area contributed by atoms with Gasteiger partial charge in [0, 0.05) is 13.2 Å². The van der Waals surface area contributed by atoms with Crippen molar-refractivity contribution in [2.24, 2.45) is 11.3 Å². The van der Waals surface area contributed by atoms with Crippen LogP contribution in [0.3, 0.4) is 0 Å². The van der Waals surface area contributed by atoms with E-state index in [0.717, 1.165) is 12.8 Å². The number of hydrogen-bond acceptors (Lipinski definition) is 5. The van der Waals surface area contributed by atoms with Crippen LogP contribution in [-0.2, 0) is 11.3 Å². The maximum atomic E-state index is 6.04. The molecule has 2 atom stereocenters. The molecule has 0 aliphatic heterocycles. The van der Waals surface area contributed by atoms with Gasteiger partial charge < -0.3 is 15.2 Å². The van der Waals surface area contributed by atoms with Gasteiger partial charge in [-0.2, -0.15) is 4.98 Å². The summed E-state index contributed by atoms with van der Waals surface area (Å²) in [6.07, 6.45) is 3.54. The lowest BCUT2D eigenvalue weighted by molar-refractivity contribution is 0.0527. The summed E-state index contributed by atoms with van der Waals surface area (Å²) in [5.74, 6) is 2.21. The first-order valence-electron chi connectivity index (χ1n) is 7.17. The average molecular weight is 279 g/mol. The van der Waals surface area contributed by atoms with Crippen molar-refractivity contribution >= 4 is 5.82 Å². The summed E-state index contributed by atoms with van der Waals surface area (Å²) in [5, 5.41) is 0. The van der Waals surface area contributed by atoms with E-state index in [9.17, 15) is 0 Å². The lowest BCUT2D eigenvalue weighted by Gasteiger charge is -2.38. The fraction of sp³-hybridized carbons (Fsp3) is 0.733. The quantitative estimate of drug-likeness (QED) is 0.917. The van der Waals surface area contributed by atoms with Gasteiger partial charge in [-0.05, 0) is 30.6 Å². The highest BCUT2D eigenvalue weighted by Crippen LogP contribution is 2.39. The summed E-state index contributed by atoms with van der Waals surface area (Å²) >= 11 is 0. The number of nitrogens with zero attached hydrogens (tertiary/aromatic N) is 2. The molecule has 112 valence electrons. The summed E-state index contributed by atoms with van der Waals surface area (Å²) in [7, 11) is 1.61. The van der Waals surface area contributed by atoms with E-state index in [0.29, 0.717) is 35.5 Å². The van der Waals surface area contributed by atoms with Crippen LogP contribution in [0, 0.1) is 11.3 Å². The zero-order valence-electron chi connectivity index (χ0n) is 12.8. The van der Waals surface area contributed by atoms with E-state index < -0.39 is 0 Å². The summed E-state index contributed by atoms with van der Waals surface area (Å²) in [6.45, 7) is 7.21. The van der Waals surface area contributed by atoms with Crippen LogP contribution in [0.25, 0.3) is 0 Å². The van der Waals surface area contributed by atoms with Crippen LogP contribution in [0.1, 0.15) is 45.9 Å². The number of nitrogens with two attached hydrogens (primary N) is 1. The van der Waals surface area contributed by atoms with Gasteiger partial charge >= 0.3 is 0 Å². The molecule has 0 aromatic carbocycles. The molecule has 1 aliphatic rings. The maximum Gasteiger partial charge on any atom is 0.219 e. The molecule has 2 rings (SSSR count). The normalized spacial score (nSPS) is 25.4. The third kappa shape index (κ3) is 4.07. The second-order valence-electron chi connectivity index (χ2n) is 6.63. The standard InChI is InChI=1S/C15H25N3O2/c1-10-5-11(8-15(2,3)7-10)20-14-6-12(16)17-13(18-14)9-19-4/h6,10-11H,5,7-9H2,1-4H3,(H2,16,17,18). The Bertz CT molecular complexity index is 462. The van der Waals surface area contributed by atoms with Crippen molar-refractivity contribution in [2.45, 2.75) is 52.7 Å². The third-order valence-electron chi connectivity index (χ3n) is 3.68. The fourth-order valence-electron chi connectivity index (χ4n) is 3.27. The number of aromatic nitrogens is 2. The van der Waals surface area contributed by atoms with Gasteiger partial charge in [0.1, 0.15) is 18.5 Å². The molecule has 0 saturated heterocycles. The van der Waals surface area contributed by atoms with Gasteiger partial charge in [0.05, 0.1) is 0 Å². The molecule has 0 amide bonds. The minimum Gasteiger partial charge on any atom is -0.474 e. The maximum absolute atomic E-state index is 6.04. The Labute approximate surface area is 120 Å². The van der Waals surface area contributed by atoms with Crippen molar-refractivity contribution in [1.29, 1.82) is 0 Å². The Kier molecular flexibility index (Phi) is 4.48. The van der Waals surface area contributed by atoms with Gasteiger partial charge in [0.25, 0.3) is 0 Å². The average Bonchev–Trinajstić information content (AvgIpc) is 2.24. The first kappa shape index (κ1) is 15.0. The molecule has 1 aromatic heterocycles. The Balaban J connectivity index is 2.09. The largest absolute Gasteiger partial charge is 0.474 e. The number of anilines is 1.